The van der Waals surface area contributed by atoms with Crippen molar-refractivity contribution in [1.29, 1.82) is 0 Å². The first-order valence-corrected chi connectivity index (χ1v) is 6.04. The van der Waals surface area contributed by atoms with Gasteiger partial charge in [-0.25, -0.2) is 0 Å². The third-order valence-corrected chi connectivity index (χ3v) is 4.57. The van der Waals surface area contributed by atoms with Crippen LogP contribution in [-0.4, -0.2) is 35.6 Å². The molecule has 0 spiro atoms. The molecule has 0 aromatic rings. The Bertz CT molecular complexity index is 298. The smallest absolute Gasteiger partial charge is 0.307 e. The molecule has 1 heterocycles. The van der Waals surface area contributed by atoms with Crippen molar-refractivity contribution in [2.45, 2.75) is 26.2 Å². The minimum atomic E-state index is -0.565. The molecule has 3 fully saturated rings. The Hall–Kier alpha value is -0.570. The van der Waals surface area contributed by atoms with Gasteiger partial charge in [0, 0.05) is 13.1 Å². The standard InChI is InChI=1S/C12H19NO2/c1-12(3-4-12)7-13-5-2-8-9(6-13)10(8)11(14)15/h8-10H,2-7H2,1H3,(H,14,15)/t8-,9+,10-/m0/s1. The van der Waals surface area contributed by atoms with Gasteiger partial charge in [-0.1, -0.05) is 6.92 Å². The number of aliphatic carboxylic acids is 1. The Balaban J connectivity index is 1.56. The van der Waals surface area contributed by atoms with Gasteiger partial charge < -0.3 is 10.0 Å². The Morgan fingerprint density at radius 1 is 1.47 bits per heavy atom. The maximum Gasteiger partial charge on any atom is 0.307 e. The van der Waals surface area contributed by atoms with Gasteiger partial charge in [-0.2, -0.15) is 0 Å². The van der Waals surface area contributed by atoms with Gasteiger partial charge >= 0.3 is 5.97 Å². The lowest BCUT2D eigenvalue weighted by Gasteiger charge is -2.28. The van der Waals surface area contributed by atoms with E-state index < -0.39 is 5.97 Å². The molecule has 1 saturated heterocycles. The lowest BCUT2D eigenvalue weighted by Crippen LogP contribution is -2.35. The highest BCUT2D eigenvalue weighted by Crippen LogP contribution is 2.53. The first kappa shape index (κ1) is 9.64. The van der Waals surface area contributed by atoms with Crippen molar-refractivity contribution < 1.29 is 9.90 Å². The molecule has 0 bridgehead atoms. The summed E-state index contributed by atoms with van der Waals surface area (Å²) in [4.78, 5) is 13.4. The number of rotatable bonds is 3. The van der Waals surface area contributed by atoms with Gasteiger partial charge in [0.25, 0.3) is 0 Å². The largest absolute Gasteiger partial charge is 0.481 e. The predicted molar refractivity (Wildman–Crippen MR) is 56.5 cm³/mol. The van der Waals surface area contributed by atoms with Crippen LogP contribution in [0.15, 0.2) is 0 Å². The summed E-state index contributed by atoms with van der Waals surface area (Å²) >= 11 is 0. The second-order valence-electron chi connectivity index (χ2n) is 6.03. The minimum absolute atomic E-state index is 0.0120. The van der Waals surface area contributed by atoms with Crippen LogP contribution >= 0.6 is 0 Å². The Labute approximate surface area is 90.5 Å². The Kier molecular flexibility index (Phi) is 1.91. The fourth-order valence-corrected chi connectivity index (χ4v) is 3.23. The fraction of sp³-hybridized carbons (Fsp3) is 0.917. The zero-order valence-electron chi connectivity index (χ0n) is 9.28. The highest BCUT2D eigenvalue weighted by molar-refractivity contribution is 5.74. The van der Waals surface area contributed by atoms with E-state index >= 15 is 0 Å². The number of carboxylic acids is 1. The van der Waals surface area contributed by atoms with Gasteiger partial charge in [-0.3, -0.25) is 4.79 Å². The average molecular weight is 209 g/mol. The highest BCUT2D eigenvalue weighted by atomic mass is 16.4. The average Bonchev–Trinajstić information content (AvgIpc) is 3.02. The summed E-state index contributed by atoms with van der Waals surface area (Å²) in [6.45, 7) is 5.71. The van der Waals surface area contributed by atoms with E-state index in [1.54, 1.807) is 0 Å². The number of likely N-dealkylation sites (tertiary alicyclic amines) is 1. The molecule has 3 aliphatic rings. The molecule has 1 N–H and O–H groups in total. The molecular weight excluding hydrogens is 190 g/mol. The number of carboxylic acid groups (broad SMARTS) is 1. The molecule has 3 rings (SSSR count). The summed E-state index contributed by atoms with van der Waals surface area (Å²) in [7, 11) is 0. The van der Waals surface area contributed by atoms with Crippen molar-refractivity contribution in [1.82, 2.24) is 4.90 Å². The van der Waals surface area contributed by atoms with Gasteiger partial charge in [0.15, 0.2) is 0 Å². The van der Waals surface area contributed by atoms with Crippen LogP contribution in [0.1, 0.15) is 26.2 Å². The van der Waals surface area contributed by atoms with Crippen molar-refractivity contribution >= 4 is 5.97 Å². The summed E-state index contributed by atoms with van der Waals surface area (Å²) in [5.41, 5.74) is 0.570. The van der Waals surface area contributed by atoms with E-state index in [2.05, 4.69) is 11.8 Å². The molecule has 0 amide bonds. The zero-order valence-corrected chi connectivity index (χ0v) is 9.28. The van der Waals surface area contributed by atoms with E-state index in [1.807, 2.05) is 0 Å². The van der Waals surface area contributed by atoms with Gasteiger partial charge in [0.2, 0.25) is 0 Å². The summed E-state index contributed by atoms with van der Waals surface area (Å²) in [5.74, 6) is 0.399. The maximum absolute atomic E-state index is 10.9. The van der Waals surface area contributed by atoms with E-state index in [-0.39, 0.29) is 5.92 Å². The summed E-state index contributed by atoms with van der Waals surface area (Å²) in [6.07, 6.45) is 3.83. The van der Waals surface area contributed by atoms with Crippen LogP contribution in [0.3, 0.4) is 0 Å². The number of piperidine rings is 1. The second kappa shape index (κ2) is 2.97. The van der Waals surface area contributed by atoms with E-state index in [0.717, 1.165) is 19.5 Å². The van der Waals surface area contributed by atoms with Crippen molar-refractivity contribution in [3.05, 3.63) is 0 Å². The van der Waals surface area contributed by atoms with Crippen LogP contribution in [-0.2, 0) is 4.79 Å². The van der Waals surface area contributed by atoms with E-state index in [9.17, 15) is 4.79 Å². The third-order valence-electron chi connectivity index (χ3n) is 4.57. The van der Waals surface area contributed by atoms with Crippen molar-refractivity contribution in [2.75, 3.05) is 19.6 Å². The van der Waals surface area contributed by atoms with Crippen LogP contribution in [0.4, 0.5) is 0 Å². The van der Waals surface area contributed by atoms with Gasteiger partial charge in [-0.15, -0.1) is 0 Å². The number of hydrogen-bond donors (Lipinski definition) is 1. The first-order chi connectivity index (χ1) is 7.09. The minimum Gasteiger partial charge on any atom is -0.481 e. The molecule has 15 heavy (non-hydrogen) atoms. The Morgan fingerprint density at radius 3 is 2.80 bits per heavy atom. The van der Waals surface area contributed by atoms with Gasteiger partial charge in [0.1, 0.15) is 0 Å². The van der Waals surface area contributed by atoms with Gasteiger partial charge in [-0.05, 0) is 43.1 Å². The van der Waals surface area contributed by atoms with Crippen LogP contribution in [0.2, 0.25) is 0 Å². The lowest BCUT2D eigenvalue weighted by molar-refractivity contribution is -0.139. The summed E-state index contributed by atoms with van der Waals surface area (Å²) in [5, 5.41) is 9.00. The molecule has 3 nitrogen and oxygen atoms in total. The molecular formula is C12H19NO2. The predicted octanol–water partition coefficient (Wildman–Crippen LogP) is 1.44. The normalized spacial score (nSPS) is 42.1. The molecule has 1 aliphatic heterocycles. The van der Waals surface area contributed by atoms with Crippen molar-refractivity contribution in [3.63, 3.8) is 0 Å². The van der Waals surface area contributed by atoms with E-state index in [0.29, 0.717) is 17.3 Å². The van der Waals surface area contributed by atoms with Gasteiger partial charge in [0.05, 0.1) is 5.92 Å². The van der Waals surface area contributed by atoms with Crippen LogP contribution in [0, 0.1) is 23.2 Å². The number of carbonyl (C=O) groups is 1. The summed E-state index contributed by atoms with van der Waals surface area (Å²) < 4.78 is 0. The van der Waals surface area contributed by atoms with Crippen molar-refractivity contribution in [3.8, 4) is 0 Å². The lowest BCUT2D eigenvalue weighted by atomic mass is 10.1. The van der Waals surface area contributed by atoms with Crippen LogP contribution in [0.25, 0.3) is 0 Å². The first-order valence-electron chi connectivity index (χ1n) is 6.04. The fourth-order valence-electron chi connectivity index (χ4n) is 3.23. The topological polar surface area (TPSA) is 40.5 Å². The number of nitrogens with zero attached hydrogens (tertiary/aromatic N) is 1. The van der Waals surface area contributed by atoms with Crippen molar-refractivity contribution in [2.24, 2.45) is 23.2 Å². The summed E-state index contributed by atoms with van der Waals surface area (Å²) in [6, 6.07) is 0. The van der Waals surface area contributed by atoms with Crippen LogP contribution in [0.5, 0.6) is 0 Å². The Morgan fingerprint density at radius 2 is 2.20 bits per heavy atom. The molecule has 0 radical (unpaired) electrons. The molecule has 2 saturated carbocycles. The zero-order chi connectivity index (χ0) is 10.6. The van der Waals surface area contributed by atoms with Crippen LogP contribution < -0.4 is 0 Å². The monoisotopic (exact) mass is 209 g/mol. The quantitative estimate of drug-likeness (QED) is 0.764. The second-order valence-corrected chi connectivity index (χ2v) is 6.03. The SMILES string of the molecule is CC1(CN2CC[C@H]3[C@@H](C2)[C@H]3C(=O)O)CC1. The third kappa shape index (κ3) is 1.67. The molecule has 3 heteroatoms. The molecule has 2 aliphatic carbocycles. The molecule has 0 aromatic heterocycles. The molecule has 0 unspecified atom stereocenters. The molecule has 84 valence electrons. The number of hydrogen-bond acceptors (Lipinski definition) is 2. The number of fused-ring (bicyclic) bond motifs is 1. The van der Waals surface area contributed by atoms with E-state index in [4.69, 9.17) is 5.11 Å². The van der Waals surface area contributed by atoms with E-state index in [1.165, 1.54) is 19.4 Å². The molecule has 3 atom stereocenters. The highest BCUT2D eigenvalue weighted by Gasteiger charge is 2.57. The molecule has 0 aromatic carbocycles. The maximum atomic E-state index is 10.9.